The number of hydrogen-bond donors (Lipinski definition) is 0. The molecular formula is C20H17N3O3S. The predicted molar refractivity (Wildman–Crippen MR) is 107 cm³/mol. The lowest BCUT2D eigenvalue weighted by Crippen LogP contribution is -2.23. The van der Waals surface area contributed by atoms with E-state index in [1.807, 2.05) is 61.5 Å². The van der Waals surface area contributed by atoms with Crippen LogP contribution in [0.3, 0.4) is 0 Å². The molecule has 7 heteroatoms. The molecular weight excluding hydrogens is 362 g/mol. The number of rotatable bonds is 4. The first-order valence-electron chi connectivity index (χ1n) is 8.13. The number of amidine groups is 1. The molecule has 0 saturated carbocycles. The molecule has 1 aliphatic heterocycles. The van der Waals surface area contributed by atoms with Crippen LogP contribution in [-0.4, -0.2) is 35.4 Å². The maximum atomic E-state index is 12.7. The topological polar surface area (TPSA) is 71.3 Å². The van der Waals surface area contributed by atoms with Gasteiger partial charge < -0.3 is 4.74 Å². The average Bonchev–Trinajstić information content (AvgIpc) is 2.96. The molecule has 6 nitrogen and oxygen atoms in total. The molecule has 136 valence electrons. The third-order valence-electron chi connectivity index (χ3n) is 3.62. The van der Waals surface area contributed by atoms with Gasteiger partial charge in [-0.05, 0) is 36.4 Å². The van der Waals surface area contributed by atoms with Crippen LogP contribution in [0.2, 0.25) is 0 Å². The standard InChI is InChI=1S/C20H17N3O3S/c1-14-8-10-15(11-9-14)13-21-23-19(25)17(12-18(24)26-2)27-20(23)22-16-6-4-3-5-7-16/h3-13H,1-2H3/b17-12?,21-13+,22-20?. The number of esters is 1. The van der Waals surface area contributed by atoms with Crippen molar-refractivity contribution in [2.45, 2.75) is 6.92 Å². The number of hydrogen-bond acceptors (Lipinski definition) is 6. The van der Waals surface area contributed by atoms with Crippen molar-refractivity contribution in [2.75, 3.05) is 7.11 Å². The van der Waals surface area contributed by atoms with Gasteiger partial charge in [0.15, 0.2) is 5.17 Å². The minimum atomic E-state index is -0.603. The van der Waals surface area contributed by atoms with Gasteiger partial charge in [0, 0.05) is 6.08 Å². The number of carbonyl (C=O) groups is 2. The van der Waals surface area contributed by atoms with Crippen LogP contribution in [0.5, 0.6) is 0 Å². The van der Waals surface area contributed by atoms with Crippen LogP contribution in [0, 0.1) is 6.92 Å². The van der Waals surface area contributed by atoms with Crippen LogP contribution >= 0.6 is 11.8 Å². The van der Waals surface area contributed by atoms with Gasteiger partial charge in [0.2, 0.25) is 0 Å². The SMILES string of the molecule is COC(=O)C=C1SC(=Nc2ccccc2)N(/N=C/c2ccc(C)cc2)C1=O. The minimum Gasteiger partial charge on any atom is -0.466 e. The van der Waals surface area contributed by atoms with Crippen molar-refractivity contribution in [2.24, 2.45) is 10.1 Å². The van der Waals surface area contributed by atoms with E-state index in [1.54, 1.807) is 6.21 Å². The fraction of sp³-hybridized carbons (Fsp3) is 0.100. The smallest absolute Gasteiger partial charge is 0.331 e. The van der Waals surface area contributed by atoms with Crippen molar-refractivity contribution in [3.05, 3.63) is 76.7 Å². The maximum absolute atomic E-state index is 12.7. The lowest BCUT2D eigenvalue weighted by molar-refractivity contribution is -0.135. The molecule has 0 aromatic heterocycles. The number of aliphatic imine (C=N–C) groups is 1. The Balaban J connectivity index is 1.94. The number of amides is 1. The third-order valence-corrected chi connectivity index (χ3v) is 4.58. The Bertz CT molecular complexity index is 935. The number of benzene rings is 2. The van der Waals surface area contributed by atoms with E-state index in [4.69, 9.17) is 0 Å². The molecule has 2 aromatic rings. The Hall–Kier alpha value is -3.19. The van der Waals surface area contributed by atoms with Gasteiger partial charge in [-0.3, -0.25) is 4.79 Å². The summed E-state index contributed by atoms with van der Waals surface area (Å²) in [6.45, 7) is 2.00. The van der Waals surface area contributed by atoms with Gasteiger partial charge in [-0.2, -0.15) is 10.1 Å². The van der Waals surface area contributed by atoms with Crippen LogP contribution in [-0.2, 0) is 14.3 Å². The molecule has 1 saturated heterocycles. The van der Waals surface area contributed by atoms with Gasteiger partial charge in [-0.1, -0.05) is 48.0 Å². The van der Waals surface area contributed by atoms with Gasteiger partial charge in [0.05, 0.1) is 23.9 Å². The van der Waals surface area contributed by atoms with Crippen LogP contribution in [0.25, 0.3) is 0 Å². The Labute approximate surface area is 161 Å². The second kappa shape index (κ2) is 8.46. The summed E-state index contributed by atoms with van der Waals surface area (Å²) >= 11 is 1.08. The highest BCUT2D eigenvalue weighted by Gasteiger charge is 2.34. The van der Waals surface area contributed by atoms with Crippen molar-refractivity contribution < 1.29 is 14.3 Å². The summed E-state index contributed by atoms with van der Waals surface area (Å²) in [6.07, 6.45) is 2.73. The van der Waals surface area contributed by atoms with E-state index in [2.05, 4.69) is 14.8 Å². The number of carbonyl (C=O) groups excluding carboxylic acids is 2. The summed E-state index contributed by atoms with van der Waals surface area (Å²) in [4.78, 5) is 28.9. The molecule has 1 heterocycles. The second-order valence-corrected chi connectivity index (χ2v) is 6.65. The minimum absolute atomic E-state index is 0.206. The van der Waals surface area contributed by atoms with Crippen molar-refractivity contribution in [1.29, 1.82) is 0 Å². The van der Waals surface area contributed by atoms with E-state index in [-0.39, 0.29) is 4.91 Å². The normalized spacial score (nSPS) is 17.3. The van der Waals surface area contributed by atoms with Crippen LogP contribution < -0.4 is 0 Å². The highest BCUT2D eigenvalue weighted by Crippen LogP contribution is 2.33. The lowest BCUT2D eigenvalue weighted by Gasteiger charge is -2.08. The molecule has 0 atom stereocenters. The Morgan fingerprint density at radius 2 is 1.81 bits per heavy atom. The second-order valence-electron chi connectivity index (χ2n) is 5.64. The molecule has 0 aliphatic carbocycles. The number of hydrazone groups is 1. The third kappa shape index (κ3) is 4.71. The zero-order chi connectivity index (χ0) is 19.2. The molecule has 0 N–H and O–H groups in total. The largest absolute Gasteiger partial charge is 0.466 e. The summed E-state index contributed by atoms with van der Waals surface area (Å²) in [5.41, 5.74) is 2.67. The number of aryl methyl sites for hydroxylation is 1. The number of thioether (sulfide) groups is 1. The number of methoxy groups -OCH3 is 1. The highest BCUT2D eigenvalue weighted by atomic mass is 32.2. The summed E-state index contributed by atoms with van der Waals surface area (Å²) in [5.74, 6) is -1.03. The van der Waals surface area contributed by atoms with Gasteiger partial charge >= 0.3 is 5.97 Å². The quantitative estimate of drug-likeness (QED) is 0.462. The zero-order valence-electron chi connectivity index (χ0n) is 14.8. The summed E-state index contributed by atoms with van der Waals surface area (Å²) in [6, 6.07) is 17.0. The van der Waals surface area contributed by atoms with Crippen LogP contribution in [0.4, 0.5) is 5.69 Å². The molecule has 0 unspecified atom stereocenters. The van der Waals surface area contributed by atoms with E-state index in [0.717, 1.165) is 29.0 Å². The van der Waals surface area contributed by atoms with Gasteiger partial charge in [0.25, 0.3) is 5.91 Å². The Kier molecular flexibility index (Phi) is 5.83. The van der Waals surface area contributed by atoms with Crippen molar-refractivity contribution in [1.82, 2.24) is 5.01 Å². The van der Waals surface area contributed by atoms with E-state index in [1.165, 1.54) is 12.1 Å². The number of nitrogens with zero attached hydrogens (tertiary/aromatic N) is 3. The lowest BCUT2D eigenvalue weighted by atomic mass is 10.2. The molecule has 1 aliphatic rings. The molecule has 1 fully saturated rings. The summed E-state index contributed by atoms with van der Waals surface area (Å²) < 4.78 is 4.61. The molecule has 2 aromatic carbocycles. The Morgan fingerprint density at radius 3 is 2.48 bits per heavy atom. The van der Waals surface area contributed by atoms with Gasteiger partial charge in [0.1, 0.15) is 0 Å². The molecule has 3 rings (SSSR count). The average molecular weight is 379 g/mol. The molecule has 0 bridgehead atoms. The van der Waals surface area contributed by atoms with Crippen LogP contribution in [0.1, 0.15) is 11.1 Å². The van der Waals surface area contributed by atoms with E-state index in [0.29, 0.717) is 10.9 Å². The van der Waals surface area contributed by atoms with Gasteiger partial charge in [-0.25, -0.2) is 9.79 Å². The highest BCUT2D eigenvalue weighted by molar-refractivity contribution is 8.18. The van der Waals surface area contributed by atoms with Gasteiger partial charge in [-0.15, -0.1) is 0 Å². The number of ether oxygens (including phenoxy) is 1. The summed E-state index contributed by atoms with van der Waals surface area (Å²) in [5, 5.41) is 5.83. The van der Waals surface area contributed by atoms with E-state index in [9.17, 15) is 9.59 Å². The molecule has 0 spiro atoms. The molecule has 0 radical (unpaired) electrons. The zero-order valence-corrected chi connectivity index (χ0v) is 15.6. The first-order chi connectivity index (χ1) is 13.1. The molecule has 1 amide bonds. The van der Waals surface area contributed by atoms with Crippen molar-refractivity contribution in [3.63, 3.8) is 0 Å². The van der Waals surface area contributed by atoms with E-state index < -0.39 is 11.9 Å². The number of para-hydroxylation sites is 1. The maximum Gasteiger partial charge on any atom is 0.331 e. The monoisotopic (exact) mass is 379 g/mol. The predicted octanol–water partition coefficient (Wildman–Crippen LogP) is 3.65. The first kappa shape index (κ1) is 18.6. The first-order valence-corrected chi connectivity index (χ1v) is 8.95. The Morgan fingerprint density at radius 1 is 1.11 bits per heavy atom. The fourth-order valence-corrected chi connectivity index (χ4v) is 3.09. The summed E-state index contributed by atoms with van der Waals surface area (Å²) in [7, 11) is 1.26. The fourth-order valence-electron chi connectivity index (χ4n) is 2.20. The molecule has 27 heavy (non-hydrogen) atoms. The van der Waals surface area contributed by atoms with Crippen molar-refractivity contribution in [3.8, 4) is 0 Å². The van der Waals surface area contributed by atoms with Crippen molar-refractivity contribution >= 4 is 40.7 Å². The van der Waals surface area contributed by atoms with Crippen LogP contribution in [0.15, 0.2) is 75.7 Å². The van der Waals surface area contributed by atoms with E-state index >= 15 is 0 Å².